The van der Waals surface area contributed by atoms with Crippen LogP contribution in [0.5, 0.6) is 0 Å². The highest BCUT2D eigenvalue weighted by Gasteiger charge is 2.22. The SMILES string of the molecule is O=C1Cn2c(=O)[nH]c3nc(I)nc(c32)N1. The minimum atomic E-state index is -0.336. The van der Waals surface area contributed by atoms with Crippen LogP contribution in [-0.2, 0) is 11.3 Å². The Kier molecular flexibility index (Phi) is 1.63. The number of hydrogen-bond acceptors (Lipinski definition) is 4. The number of hydrogen-bond donors (Lipinski definition) is 2. The molecule has 0 bridgehead atoms. The van der Waals surface area contributed by atoms with Crippen molar-refractivity contribution in [3.63, 3.8) is 0 Å². The van der Waals surface area contributed by atoms with Crippen LogP contribution in [0.25, 0.3) is 11.2 Å². The molecule has 7 nitrogen and oxygen atoms in total. The van der Waals surface area contributed by atoms with Gasteiger partial charge in [0.2, 0.25) is 5.91 Å². The van der Waals surface area contributed by atoms with Gasteiger partial charge in [0.15, 0.2) is 15.3 Å². The van der Waals surface area contributed by atoms with Crippen molar-refractivity contribution >= 4 is 45.5 Å². The van der Waals surface area contributed by atoms with Gasteiger partial charge < -0.3 is 5.32 Å². The Hall–Kier alpha value is -1.45. The third-order valence-corrected chi connectivity index (χ3v) is 2.64. The Balaban J connectivity index is 2.52. The molecule has 0 fully saturated rings. The molecule has 0 radical (unpaired) electrons. The number of rotatable bonds is 0. The van der Waals surface area contributed by atoms with Gasteiger partial charge in [0, 0.05) is 22.6 Å². The zero-order valence-electron chi connectivity index (χ0n) is 7.24. The van der Waals surface area contributed by atoms with Crippen LogP contribution in [0, 0.1) is 3.83 Å². The molecular formula is C7H4IN5O2. The van der Waals surface area contributed by atoms with E-state index in [9.17, 15) is 9.59 Å². The first-order valence-corrected chi connectivity index (χ1v) is 5.19. The van der Waals surface area contributed by atoms with E-state index < -0.39 is 0 Å². The minimum absolute atomic E-state index is 0.00971. The fourth-order valence-corrected chi connectivity index (χ4v) is 2.08. The van der Waals surface area contributed by atoms with Crippen LogP contribution in [0.4, 0.5) is 5.82 Å². The fraction of sp³-hybridized carbons (Fsp3) is 0.143. The van der Waals surface area contributed by atoms with Crippen molar-refractivity contribution in [3.8, 4) is 0 Å². The molecule has 0 saturated carbocycles. The molecule has 0 aliphatic carbocycles. The highest BCUT2D eigenvalue weighted by molar-refractivity contribution is 14.1. The van der Waals surface area contributed by atoms with Crippen LogP contribution in [0.3, 0.4) is 0 Å². The first kappa shape index (κ1) is 8.83. The zero-order valence-corrected chi connectivity index (χ0v) is 9.40. The molecular weight excluding hydrogens is 313 g/mol. The maximum Gasteiger partial charge on any atom is 0.328 e. The lowest BCUT2D eigenvalue weighted by Gasteiger charge is -2.13. The molecule has 0 unspecified atom stereocenters. The number of nitrogens with zero attached hydrogens (tertiary/aromatic N) is 3. The maximum atomic E-state index is 11.5. The van der Waals surface area contributed by atoms with Crippen LogP contribution in [0.1, 0.15) is 0 Å². The molecule has 0 spiro atoms. The first-order valence-electron chi connectivity index (χ1n) is 4.11. The monoisotopic (exact) mass is 317 g/mol. The lowest BCUT2D eigenvalue weighted by atomic mass is 10.4. The van der Waals surface area contributed by atoms with Crippen LogP contribution in [0.15, 0.2) is 4.79 Å². The number of imidazole rings is 1. The molecule has 76 valence electrons. The Morgan fingerprint density at radius 3 is 2.93 bits per heavy atom. The topological polar surface area (TPSA) is 92.7 Å². The Labute approximate surface area is 96.0 Å². The summed E-state index contributed by atoms with van der Waals surface area (Å²) in [6, 6.07) is 0. The summed E-state index contributed by atoms with van der Waals surface area (Å²) in [5, 5.41) is 2.60. The Bertz CT molecular complexity index is 643. The van der Waals surface area contributed by atoms with Crippen molar-refractivity contribution < 1.29 is 4.79 Å². The molecule has 15 heavy (non-hydrogen) atoms. The normalized spacial score (nSPS) is 14.3. The van der Waals surface area contributed by atoms with Crippen molar-refractivity contribution in [2.45, 2.75) is 6.54 Å². The average molecular weight is 317 g/mol. The highest BCUT2D eigenvalue weighted by atomic mass is 127. The van der Waals surface area contributed by atoms with Gasteiger partial charge in [-0.15, -0.1) is 0 Å². The second-order valence-electron chi connectivity index (χ2n) is 3.10. The number of amides is 1. The lowest BCUT2D eigenvalue weighted by Crippen LogP contribution is -2.30. The number of aromatic amines is 1. The number of carbonyl (C=O) groups excluding carboxylic acids is 1. The van der Waals surface area contributed by atoms with Crippen LogP contribution < -0.4 is 11.0 Å². The molecule has 2 aromatic rings. The molecule has 1 amide bonds. The second-order valence-corrected chi connectivity index (χ2v) is 4.07. The van der Waals surface area contributed by atoms with Crippen molar-refractivity contribution in [1.82, 2.24) is 19.5 Å². The van der Waals surface area contributed by atoms with E-state index >= 15 is 0 Å². The van der Waals surface area contributed by atoms with E-state index in [1.807, 2.05) is 22.6 Å². The lowest BCUT2D eigenvalue weighted by molar-refractivity contribution is -0.116. The maximum absolute atomic E-state index is 11.5. The predicted octanol–water partition coefficient (Wildman–Crippen LogP) is -0.324. The average Bonchev–Trinajstić information content (AvgIpc) is 2.43. The highest BCUT2D eigenvalue weighted by Crippen LogP contribution is 2.21. The van der Waals surface area contributed by atoms with E-state index in [0.29, 0.717) is 20.8 Å². The van der Waals surface area contributed by atoms with Gasteiger partial charge in [0.1, 0.15) is 12.1 Å². The number of carbonyl (C=O) groups is 1. The van der Waals surface area contributed by atoms with E-state index in [-0.39, 0.29) is 18.1 Å². The van der Waals surface area contributed by atoms with Gasteiger partial charge in [-0.1, -0.05) is 0 Å². The summed E-state index contributed by atoms with van der Waals surface area (Å²) in [5.41, 5.74) is 0.673. The van der Waals surface area contributed by atoms with Crippen LogP contribution in [0.2, 0.25) is 0 Å². The first-order chi connectivity index (χ1) is 7.15. The molecule has 1 aliphatic rings. The minimum Gasteiger partial charge on any atom is -0.307 e. The van der Waals surface area contributed by atoms with Gasteiger partial charge in [0.25, 0.3) is 0 Å². The van der Waals surface area contributed by atoms with Crippen LogP contribution >= 0.6 is 22.6 Å². The van der Waals surface area contributed by atoms with Crippen molar-refractivity contribution in [2.75, 3.05) is 5.32 Å². The second kappa shape index (κ2) is 2.78. The van der Waals surface area contributed by atoms with Gasteiger partial charge in [-0.2, -0.15) is 0 Å². The summed E-state index contributed by atoms with van der Waals surface area (Å²) in [4.78, 5) is 33.5. The number of aromatic nitrogens is 4. The summed E-state index contributed by atoms with van der Waals surface area (Å²) in [5.74, 6) is 0.138. The quantitative estimate of drug-likeness (QED) is 0.514. The summed E-state index contributed by atoms with van der Waals surface area (Å²) in [7, 11) is 0. The molecule has 2 N–H and O–H groups in total. The Morgan fingerprint density at radius 2 is 2.13 bits per heavy atom. The zero-order chi connectivity index (χ0) is 10.6. The van der Waals surface area contributed by atoms with Crippen molar-refractivity contribution in [3.05, 3.63) is 14.3 Å². The third kappa shape index (κ3) is 1.17. The van der Waals surface area contributed by atoms with Gasteiger partial charge in [-0.05, 0) is 0 Å². The van der Waals surface area contributed by atoms with E-state index in [2.05, 4.69) is 20.3 Å². The predicted molar refractivity (Wildman–Crippen MR) is 59.5 cm³/mol. The molecule has 0 saturated heterocycles. The molecule has 0 aromatic carbocycles. The number of anilines is 1. The van der Waals surface area contributed by atoms with E-state index in [0.717, 1.165) is 0 Å². The summed E-state index contributed by atoms with van der Waals surface area (Å²) >= 11 is 1.92. The van der Waals surface area contributed by atoms with E-state index in [1.165, 1.54) is 4.57 Å². The number of halogens is 1. The van der Waals surface area contributed by atoms with E-state index in [1.54, 1.807) is 0 Å². The standard InChI is InChI=1S/C7H4IN5O2/c8-6-10-4-3-5(11-6)12-7(15)13(3)1-2(14)9-4/h1H2,(H2,9,10,11,12,14,15). The summed E-state index contributed by atoms with van der Waals surface area (Å²) in [6.07, 6.45) is 0. The molecule has 1 aliphatic heterocycles. The van der Waals surface area contributed by atoms with Gasteiger partial charge in [0.05, 0.1) is 0 Å². The fourth-order valence-electron chi connectivity index (χ4n) is 1.59. The summed E-state index contributed by atoms with van der Waals surface area (Å²) < 4.78 is 1.81. The Morgan fingerprint density at radius 1 is 1.33 bits per heavy atom. The van der Waals surface area contributed by atoms with Gasteiger partial charge in [-0.25, -0.2) is 14.8 Å². The number of H-pyrrole nitrogens is 1. The molecule has 2 aromatic heterocycles. The summed E-state index contributed by atoms with van der Waals surface area (Å²) in [6.45, 7) is 0.00971. The van der Waals surface area contributed by atoms with Gasteiger partial charge >= 0.3 is 5.69 Å². The van der Waals surface area contributed by atoms with Crippen molar-refractivity contribution in [2.24, 2.45) is 0 Å². The largest absolute Gasteiger partial charge is 0.328 e. The number of nitrogens with one attached hydrogen (secondary N) is 2. The molecule has 8 heteroatoms. The van der Waals surface area contributed by atoms with Crippen LogP contribution in [-0.4, -0.2) is 25.4 Å². The van der Waals surface area contributed by atoms with Gasteiger partial charge in [-0.3, -0.25) is 14.3 Å². The van der Waals surface area contributed by atoms with E-state index in [4.69, 9.17) is 0 Å². The molecule has 3 heterocycles. The smallest absolute Gasteiger partial charge is 0.307 e. The molecule has 0 atom stereocenters. The molecule has 3 rings (SSSR count). The third-order valence-electron chi connectivity index (χ3n) is 2.16. The van der Waals surface area contributed by atoms with Crippen molar-refractivity contribution in [1.29, 1.82) is 0 Å².